The van der Waals surface area contributed by atoms with Crippen LogP contribution in [0.3, 0.4) is 0 Å². The standard InChI is InChI=1S/C3HFN3/c4-3-5-1-2-6-7-3/h2H. The second-order valence-electron chi connectivity index (χ2n) is 0.855. The molecule has 4 heteroatoms. The van der Waals surface area contributed by atoms with Crippen LogP contribution in [0.2, 0.25) is 0 Å². The first-order valence-electron chi connectivity index (χ1n) is 1.61. The molecular weight excluding hydrogens is 97.1 g/mol. The van der Waals surface area contributed by atoms with Crippen LogP contribution in [0.4, 0.5) is 4.39 Å². The van der Waals surface area contributed by atoms with Crippen molar-refractivity contribution in [2.45, 2.75) is 0 Å². The Balaban J connectivity index is 3.02. The third kappa shape index (κ3) is 0.887. The molecule has 35 valence electrons. The van der Waals surface area contributed by atoms with Crippen LogP contribution in [-0.4, -0.2) is 15.2 Å². The smallest absolute Gasteiger partial charge is 0.197 e. The molecule has 1 aromatic rings. The second-order valence-corrected chi connectivity index (χ2v) is 0.855. The van der Waals surface area contributed by atoms with Gasteiger partial charge in [0, 0.05) is 0 Å². The number of rotatable bonds is 0. The van der Waals surface area contributed by atoms with Gasteiger partial charge in [0.2, 0.25) is 0 Å². The minimum Gasteiger partial charge on any atom is -0.197 e. The molecule has 0 atom stereocenters. The molecule has 0 unspecified atom stereocenters. The molecule has 1 radical (unpaired) electrons. The zero-order valence-corrected chi connectivity index (χ0v) is 3.30. The van der Waals surface area contributed by atoms with E-state index in [0.29, 0.717) is 0 Å². The maximum atomic E-state index is 11.6. The largest absolute Gasteiger partial charge is 0.327 e. The lowest BCUT2D eigenvalue weighted by molar-refractivity contribution is 0.517. The van der Waals surface area contributed by atoms with E-state index in [1.54, 1.807) is 0 Å². The molecule has 0 saturated heterocycles. The monoisotopic (exact) mass is 98.0 g/mol. The van der Waals surface area contributed by atoms with Gasteiger partial charge in [-0.2, -0.15) is 14.5 Å². The van der Waals surface area contributed by atoms with E-state index in [2.05, 4.69) is 21.4 Å². The molecule has 1 aromatic heterocycles. The van der Waals surface area contributed by atoms with E-state index >= 15 is 0 Å². The van der Waals surface area contributed by atoms with Gasteiger partial charge in [0.15, 0.2) is 0 Å². The van der Waals surface area contributed by atoms with Gasteiger partial charge in [0.05, 0.1) is 6.20 Å². The summed E-state index contributed by atoms with van der Waals surface area (Å²) in [5.41, 5.74) is 0. The Labute approximate surface area is 39.2 Å². The lowest BCUT2D eigenvalue weighted by atomic mass is 10.9. The van der Waals surface area contributed by atoms with Crippen molar-refractivity contribution in [2.75, 3.05) is 0 Å². The Bertz CT molecular complexity index is 140. The van der Waals surface area contributed by atoms with E-state index in [0.717, 1.165) is 0 Å². The average Bonchev–Trinajstić information content (AvgIpc) is 1.69. The Kier molecular flexibility index (Phi) is 0.934. The molecule has 0 bridgehead atoms. The van der Waals surface area contributed by atoms with E-state index in [-0.39, 0.29) is 0 Å². The highest BCUT2D eigenvalue weighted by Gasteiger charge is 1.83. The number of hydrogen-bond donors (Lipinski definition) is 0. The van der Waals surface area contributed by atoms with Crippen molar-refractivity contribution in [1.29, 1.82) is 0 Å². The van der Waals surface area contributed by atoms with Gasteiger partial charge in [0.25, 0.3) is 0 Å². The summed E-state index contributed by atoms with van der Waals surface area (Å²) in [6.07, 6.45) is 2.50. The molecule has 0 aliphatic heterocycles. The zero-order chi connectivity index (χ0) is 5.11. The highest BCUT2D eigenvalue weighted by Crippen LogP contribution is 1.74. The molecule has 0 aliphatic rings. The average molecular weight is 98.1 g/mol. The van der Waals surface area contributed by atoms with Gasteiger partial charge in [-0.05, 0) is 0 Å². The minimum atomic E-state index is -0.845. The van der Waals surface area contributed by atoms with Crippen molar-refractivity contribution in [3.8, 4) is 0 Å². The SMILES string of the molecule is Fc1n[c]cnn1. The van der Waals surface area contributed by atoms with Crippen LogP contribution in [0.1, 0.15) is 0 Å². The predicted octanol–water partition coefficient (Wildman–Crippen LogP) is -0.189. The van der Waals surface area contributed by atoms with Gasteiger partial charge in [-0.3, -0.25) is 0 Å². The third-order valence-electron chi connectivity index (χ3n) is 0.413. The topological polar surface area (TPSA) is 38.7 Å². The van der Waals surface area contributed by atoms with Crippen molar-refractivity contribution in [3.05, 3.63) is 18.5 Å². The lowest BCUT2D eigenvalue weighted by Crippen LogP contribution is -1.87. The molecule has 0 N–H and O–H groups in total. The van der Waals surface area contributed by atoms with Crippen LogP contribution >= 0.6 is 0 Å². The summed E-state index contributed by atoms with van der Waals surface area (Å²) in [6.45, 7) is 0. The van der Waals surface area contributed by atoms with Gasteiger partial charge >= 0.3 is 6.08 Å². The Morgan fingerprint density at radius 2 is 2.57 bits per heavy atom. The number of aromatic nitrogens is 3. The van der Waals surface area contributed by atoms with Crippen LogP contribution in [0.5, 0.6) is 0 Å². The summed E-state index contributed by atoms with van der Waals surface area (Å²) < 4.78 is 11.6. The lowest BCUT2D eigenvalue weighted by Gasteiger charge is -1.75. The molecule has 0 fully saturated rings. The molecule has 0 aliphatic carbocycles. The van der Waals surface area contributed by atoms with Crippen LogP contribution in [0.25, 0.3) is 0 Å². The van der Waals surface area contributed by atoms with Crippen molar-refractivity contribution >= 4 is 0 Å². The summed E-state index contributed by atoms with van der Waals surface area (Å²) in [5, 5.41) is 6.06. The summed E-state index contributed by atoms with van der Waals surface area (Å²) >= 11 is 0. The van der Waals surface area contributed by atoms with Crippen LogP contribution in [0.15, 0.2) is 6.20 Å². The third-order valence-corrected chi connectivity index (χ3v) is 0.413. The fourth-order valence-corrected chi connectivity index (χ4v) is 0.207. The quantitative estimate of drug-likeness (QED) is 0.451. The number of hydrogen-bond acceptors (Lipinski definition) is 3. The second kappa shape index (κ2) is 1.59. The first-order valence-corrected chi connectivity index (χ1v) is 1.61. The molecule has 0 spiro atoms. The van der Waals surface area contributed by atoms with E-state index < -0.39 is 6.08 Å². The molecule has 0 aromatic carbocycles. The maximum Gasteiger partial charge on any atom is 0.327 e. The van der Waals surface area contributed by atoms with Crippen molar-refractivity contribution in [2.24, 2.45) is 0 Å². The Hall–Kier alpha value is -1.06. The summed E-state index contributed by atoms with van der Waals surface area (Å²) in [5.74, 6) is 0. The van der Waals surface area contributed by atoms with E-state index in [1.807, 2.05) is 0 Å². The van der Waals surface area contributed by atoms with Gasteiger partial charge in [-0.15, -0.1) is 0 Å². The predicted molar refractivity (Wildman–Crippen MR) is 18.6 cm³/mol. The molecule has 1 rings (SSSR count). The normalized spacial score (nSPS) is 8.71. The number of nitrogens with zero attached hydrogens (tertiary/aromatic N) is 3. The summed E-state index contributed by atoms with van der Waals surface area (Å²) in [6, 6.07) is 0. The Morgan fingerprint density at radius 1 is 1.71 bits per heavy atom. The molecule has 7 heavy (non-hydrogen) atoms. The first-order chi connectivity index (χ1) is 3.39. The maximum absolute atomic E-state index is 11.6. The fraction of sp³-hybridized carbons (Fsp3) is 0. The Morgan fingerprint density at radius 3 is 2.86 bits per heavy atom. The van der Waals surface area contributed by atoms with Crippen molar-refractivity contribution in [1.82, 2.24) is 15.2 Å². The van der Waals surface area contributed by atoms with E-state index in [1.165, 1.54) is 6.20 Å². The molecule has 3 nitrogen and oxygen atoms in total. The van der Waals surface area contributed by atoms with E-state index in [4.69, 9.17) is 0 Å². The minimum absolute atomic E-state index is 0.845. The highest BCUT2D eigenvalue weighted by atomic mass is 19.1. The molecule has 0 saturated carbocycles. The molecule has 0 amide bonds. The molecule has 1 heterocycles. The zero-order valence-electron chi connectivity index (χ0n) is 3.30. The first kappa shape index (κ1) is 4.11. The molecular formula is C3HFN3. The number of halogens is 1. The van der Waals surface area contributed by atoms with Crippen molar-refractivity contribution < 1.29 is 4.39 Å². The highest BCUT2D eigenvalue weighted by molar-refractivity contribution is 4.59. The summed E-state index contributed by atoms with van der Waals surface area (Å²) in [7, 11) is 0. The fourth-order valence-electron chi connectivity index (χ4n) is 0.207. The van der Waals surface area contributed by atoms with Gasteiger partial charge in [-0.25, -0.2) is 0 Å². The van der Waals surface area contributed by atoms with Crippen LogP contribution in [0, 0.1) is 12.3 Å². The van der Waals surface area contributed by atoms with Crippen LogP contribution in [-0.2, 0) is 0 Å². The van der Waals surface area contributed by atoms with E-state index in [9.17, 15) is 4.39 Å². The van der Waals surface area contributed by atoms with Gasteiger partial charge < -0.3 is 0 Å². The van der Waals surface area contributed by atoms with Crippen LogP contribution < -0.4 is 0 Å². The van der Waals surface area contributed by atoms with Crippen molar-refractivity contribution in [3.63, 3.8) is 0 Å². The van der Waals surface area contributed by atoms with Gasteiger partial charge in [-0.1, -0.05) is 5.10 Å². The van der Waals surface area contributed by atoms with Gasteiger partial charge in [0.1, 0.15) is 6.20 Å². The summed E-state index contributed by atoms with van der Waals surface area (Å²) in [4.78, 5) is 3.01.